The monoisotopic (exact) mass is 1140 g/mol. The van der Waals surface area contributed by atoms with Crippen LogP contribution in [0.5, 0.6) is 0 Å². The Morgan fingerprint density at radius 2 is 0.679 bits per heavy atom. The molecule has 0 aromatic heterocycles. The number of hydrogen-bond donors (Lipinski definition) is 2. The van der Waals surface area contributed by atoms with E-state index in [4.69, 9.17) is 24.3 Å². The van der Waals surface area contributed by atoms with Gasteiger partial charge in [-0.25, -0.2) is 4.57 Å². The molecule has 2 unspecified atom stereocenters. The first kappa shape index (κ1) is 76.9. The van der Waals surface area contributed by atoms with Crippen LogP contribution in [0.25, 0.3) is 0 Å². The maximum atomic E-state index is 12.7. The van der Waals surface area contributed by atoms with Crippen LogP contribution in [0.2, 0.25) is 0 Å². The van der Waals surface area contributed by atoms with Gasteiger partial charge in [0.25, 0.3) is 0 Å². The van der Waals surface area contributed by atoms with Gasteiger partial charge in [0.05, 0.1) is 13.2 Å². The number of phosphoric acid groups is 1. The van der Waals surface area contributed by atoms with Crippen LogP contribution in [-0.2, 0) is 32.7 Å². The number of nitrogens with two attached hydrogens (primary N) is 1. The fourth-order valence-electron chi connectivity index (χ4n) is 8.50. The van der Waals surface area contributed by atoms with E-state index in [1.807, 2.05) is 0 Å². The summed E-state index contributed by atoms with van der Waals surface area (Å²) in [6.07, 6.45) is 93.5. The molecule has 81 heavy (non-hydrogen) atoms. The third-order valence-corrected chi connectivity index (χ3v) is 14.2. The molecular formula is C71H118NO8P. The Bertz CT molecular complexity index is 1830. The van der Waals surface area contributed by atoms with Crippen molar-refractivity contribution in [2.75, 3.05) is 26.4 Å². The summed E-state index contributed by atoms with van der Waals surface area (Å²) in [6.45, 7) is 3.59. The number of esters is 2. The second kappa shape index (κ2) is 65.0. The van der Waals surface area contributed by atoms with Crippen LogP contribution in [0, 0.1) is 0 Å². The van der Waals surface area contributed by atoms with Gasteiger partial charge in [-0.3, -0.25) is 18.6 Å². The number of carbonyl (C=O) groups is 2. The molecule has 0 spiro atoms. The zero-order valence-electron chi connectivity index (χ0n) is 51.5. The van der Waals surface area contributed by atoms with Crippen molar-refractivity contribution in [3.8, 4) is 0 Å². The molecule has 0 saturated heterocycles. The molecule has 2 atom stereocenters. The highest BCUT2D eigenvalue weighted by Crippen LogP contribution is 2.43. The highest BCUT2D eigenvalue weighted by atomic mass is 31.2. The van der Waals surface area contributed by atoms with Gasteiger partial charge in [-0.15, -0.1) is 0 Å². The van der Waals surface area contributed by atoms with Crippen LogP contribution in [0.3, 0.4) is 0 Å². The SMILES string of the molecule is CC/C=C\C/C=C\C/C=C\C/C=C\C/C=C\C/C=C\C/C=C\C/C=C\C/C=C\C/C=C\C/C=C\C/C=C\CCCCC(=O)OC(COC(=O)CCCCCCCCCCCCCCCCCCCCCCC)COP(=O)(O)OCCN. The second-order valence-electron chi connectivity index (χ2n) is 20.9. The minimum Gasteiger partial charge on any atom is -0.462 e. The summed E-state index contributed by atoms with van der Waals surface area (Å²) in [5.41, 5.74) is 5.38. The molecule has 0 aliphatic rings. The summed E-state index contributed by atoms with van der Waals surface area (Å²) >= 11 is 0. The van der Waals surface area contributed by atoms with E-state index in [2.05, 4.69) is 160 Å². The molecule has 460 valence electrons. The van der Waals surface area contributed by atoms with Crippen molar-refractivity contribution >= 4 is 19.8 Å². The summed E-state index contributed by atoms with van der Waals surface area (Å²) in [7, 11) is -4.41. The number of ether oxygens (including phenoxy) is 2. The molecule has 0 aliphatic heterocycles. The zero-order valence-corrected chi connectivity index (χ0v) is 52.4. The van der Waals surface area contributed by atoms with Gasteiger partial charge in [-0.1, -0.05) is 288 Å². The molecule has 9 nitrogen and oxygen atoms in total. The number of unbranched alkanes of at least 4 members (excludes halogenated alkanes) is 22. The molecule has 0 aliphatic carbocycles. The molecule has 0 bridgehead atoms. The Morgan fingerprint density at radius 1 is 0.383 bits per heavy atom. The second-order valence-corrected chi connectivity index (χ2v) is 22.4. The van der Waals surface area contributed by atoms with Crippen molar-refractivity contribution in [2.45, 2.75) is 264 Å². The van der Waals surface area contributed by atoms with E-state index in [0.29, 0.717) is 6.42 Å². The molecule has 0 amide bonds. The maximum Gasteiger partial charge on any atom is 0.472 e. The molecule has 0 rings (SSSR count). The Balaban J connectivity index is 4.07. The molecule has 10 heteroatoms. The predicted octanol–water partition coefficient (Wildman–Crippen LogP) is 21.1. The van der Waals surface area contributed by atoms with Gasteiger partial charge in [0.2, 0.25) is 0 Å². The van der Waals surface area contributed by atoms with Crippen molar-refractivity contribution in [1.82, 2.24) is 0 Å². The average molecular weight is 1140 g/mol. The topological polar surface area (TPSA) is 134 Å². The molecule has 0 heterocycles. The van der Waals surface area contributed by atoms with Gasteiger partial charge in [-0.05, 0) is 103 Å². The Labute approximate surface area is 496 Å². The lowest BCUT2D eigenvalue weighted by Gasteiger charge is -2.19. The van der Waals surface area contributed by atoms with E-state index in [0.717, 1.165) is 109 Å². The number of rotatable bonds is 59. The van der Waals surface area contributed by atoms with E-state index in [1.165, 1.54) is 116 Å². The molecule has 3 N–H and O–H groups in total. The Hall–Kier alpha value is -4.11. The van der Waals surface area contributed by atoms with Crippen molar-refractivity contribution in [2.24, 2.45) is 5.73 Å². The first-order valence-corrected chi connectivity index (χ1v) is 33.8. The summed E-state index contributed by atoms with van der Waals surface area (Å²) in [5.74, 6) is -0.881. The van der Waals surface area contributed by atoms with E-state index in [-0.39, 0.29) is 32.6 Å². The van der Waals surface area contributed by atoms with Gasteiger partial charge in [0, 0.05) is 19.4 Å². The van der Waals surface area contributed by atoms with Gasteiger partial charge in [0.1, 0.15) is 6.61 Å². The van der Waals surface area contributed by atoms with E-state index >= 15 is 0 Å². The molecule has 0 aromatic rings. The number of allylic oxidation sites excluding steroid dienone is 24. The highest BCUT2D eigenvalue weighted by molar-refractivity contribution is 7.47. The lowest BCUT2D eigenvalue weighted by Crippen LogP contribution is -2.29. The zero-order chi connectivity index (χ0) is 58.7. The molecule has 0 radical (unpaired) electrons. The first-order chi connectivity index (χ1) is 39.8. The van der Waals surface area contributed by atoms with Crippen molar-refractivity contribution in [1.29, 1.82) is 0 Å². The van der Waals surface area contributed by atoms with Crippen LogP contribution < -0.4 is 5.73 Å². The lowest BCUT2D eigenvalue weighted by atomic mass is 10.0. The third-order valence-electron chi connectivity index (χ3n) is 13.2. The van der Waals surface area contributed by atoms with Gasteiger partial charge >= 0.3 is 19.8 Å². The lowest BCUT2D eigenvalue weighted by molar-refractivity contribution is -0.161. The smallest absolute Gasteiger partial charge is 0.462 e. The van der Waals surface area contributed by atoms with E-state index in [1.54, 1.807) is 0 Å². The average Bonchev–Trinajstić information content (AvgIpc) is 3.46. The van der Waals surface area contributed by atoms with Gasteiger partial charge in [-0.2, -0.15) is 0 Å². The highest BCUT2D eigenvalue weighted by Gasteiger charge is 2.26. The molecule has 0 aromatic carbocycles. The summed E-state index contributed by atoms with van der Waals surface area (Å²) in [5, 5.41) is 0. The molecular weight excluding hydrogens is 1030 g/mol. The van der Waals surface area contributed by atoms with Crippen LogP contribution in [0.1, 0.15) is 258 Å². The van der Waals surface area contributed by atoms with E-state index < -0.39 is 32.5 Å². The molecule has 0 fully saturated rings. The van der Waals surface area contributed by atoms with E-state index in [9.17, 15) is 19.0 Å². The van der Waals surface area contributed by atoms with Gasteiger partial charge in [0.15, 0.2) is 6.10 Å². The van der Waals surface area contributed by atoms with Crippen LogP contribution in [0.4, 0.5) is 0 Å². The summed E-state index contributed by atoms with van der Waals surface area (Å²) in [4.78, 5) is 35.2. The molecule has 0 saturated carbocycles. The van der Waals surface area contributed by atoms with Crippen molar-refractivity contribution in [3.05, 3.63) is 146 Å². The normalized spacial score (nSPS) is 14.0. The fraction of sp³-hybridized carbons (Fsp3) is 0.634. The maximum absolute atomic E-state index is 12.7. The number of phosphoric ester groups is 1. The minimum absolute atomic E-state index is 0.0400. The first-order valence-electron chi connectivity index (χ1n) is 32.3. The number of carbonyl (C=O) groups excluding carboxylic acids is 2. The van der Waals surface area contributed by atoms with Crippen LogP contribution in [0.15, 0.2) is 146 Å². The Morgan fingerprint density at radius 3 is 1.01 bits per heavy atom. The van der Waals surface area contributed by atoms with Crippen molar-refractivity contribution in [3.63, 3.8) is 0 Å². The largest absolute Gasteiger partial charge is 0.472 e. The number of hydrogen-bond acceptors (Lipinski definition) is 8. The quantitative estimate of drug-likeness (QED) is 0.0264. The fourth-order valence-corrected chi connectivity index (χ4v) is 9.27. The van der Waals surface area contributed by atoms with Crippen LogP contribution in [-0.4, -0.2) is 49.3 Å². The third kappa shape index (κ3) is 64.9. The summed E-state index contributed by atoms with van der Waals surface area (Å²) in [6, 6.07) is 0. The van der Waals surface area contributed by atoms with Crippen LogP contribution >= 0.6 is 7.82 Å². The standard InChI is InChI=1S/C71H118NO8P/c1-3-5-7-9-11-13-15-17-19-21-23-25-26-27-28-29-30-31-32-33-34-35-36-37-38-39-40-41-42-44-46-48-50-52-54-56-58-60-62-64-71(74)80-69(68-79-81(75,76)78-66-65-72)67-77-70(73)63-61-59-57-55-53-51-49-47-45-43-24-22-20-18-16-14-12-10-8-6-4-2/h5,7,11,13,17,19,23,25,27-28,30-31,33-34,36-37,39-40,42,44,48,50,54,56,69H,3-4,6,8-10,12,14-16,18,20-22,24,26,29,32,35,38,41,43,45-47,49,51-53,55,57-68,72H2,1-2H3,(H,75,76)/b7-5-,13-11-,19-17-,25-23-,28-27-,31-30-,34-33-,37-36-,40-39-,44-42-,50-48-,56-54-. The minimum atomic E-state index is -4.41. The predicted molar refractivity (Wildman–Crippen MR) is 348 cm³/mol. The van der Waals surface area contributed by atoms with Gasteiger partial charge < -0.3 is 20.1 Å². The van der Waals surface area contributed by atoms with Crippen molar-refractivity contribution < 1.29 is 37.6 Å². The summed E-state index contributed by atoms with van der Waals surface area (Å²) < 4.78 is 33.0. The Kier molecular flexibility index (Phi) is 61.7.